The molecule has 0 amide bonds. The van der Waals surface area contributed by atoms with Crippen molar-refractivity contribution in [3.63, 3.8) is 0 Å². The first-order valence-electron chi connectivity index (χ1n) is 6.65. The van der Waals surface area contributed by atoms with Gasteiger partial charge >= 0.3 is 0 Å². The Morgan fingerprint density at radius 3 is 2.50 bits per heavy atom. The number of aromatic hydroxyl groups is 1. The third-order valence-corrected chi connectivity index (χ3v) is 3.19. The van der Waals surface area contributed by atoms with Gasteiger partial charge in [0.1, 0.15) is 11.6 Å². The van der Waals surface area contributed by atoms with E-state index in [1.165, 1.54) is 19.3 Å². The van der Waals surface area contributed by atoms with Crippen molar-refractivity contribution in [1.29, 1.82) is 5.26 Å². The Hall–Kier alpha value is -3.06. The minimum absolute atomic E-state index is 0.00280. The number of benzene rings is 2. The Bertz CT molecular complexity index is 768. The molecule has 22 heavy (non-hydrogen) atoms. The van der Waals surface area contributed by atoms with Gasteiger partial charge in [0.05, 0.1) is 7.11 Å². The summed E-state index contributed by atoms with van der Waals surface area (Å²) in [6.45, 7) is 1.93. The van der Waals surface area contributed by atoms with Crippen LogP contribution in [0.3, 0.4) is 0 Å². The Labute approximate surface area is 128 Å². The normalized spacial score (nSPS) is 10.9. The Kier molecular flexibility index (Phi) is 4.60. The average Bonchev–Trinajstić information content (AvgIpc) is 2.54. The minimum Gasteiger partial charge on any atom is -0.504 e. The van der Waals surface area contributed by atoms with Crippen LogP contribution in [-0.2, 0) is 0 Å². The van der Waals surface area contributed by atoms with Gasteiger partial charge in [0, 0.05) is 5.56 Å². The van der Waals surface area contributed by atoms with Crippen LogP contribution in [0.5, 0.6) is 11.5 Å². The maximum atomic E-state index is 12.3. The van der Waals surface area contributed by atoms with Crippen LogP contribution in [-0.4, -0.2) is 18.0 Å². The van der Waals surface area contributed by atoms with Crippen molar-refractivity contribution in [3.05, 3.63) is 64.7 Å². The topological polar surface area (TPSA) is 70.3 Å². The molecule has 110 valence electrons. The molecule has 0 aliphatic rings. The zero-order valence-corrected chi connectivity index (χ0v) is 12.3. The Morgan fingerprint density at radius 2 is 1.91 bits per heavy atom. The predicted octanol–water partition coefficient (Wildman–Crippen LogP) is 3.50. The lowest BCUT2D eigenvalue weighted by atomic mass is 10.0. The van der Waals surface area contributed by atoms with Crippen LogP contribution in [0.1, 0.15) is 21.5 Å². The summed E-state index contributed by atoms with van der Waals surface area (Å²) in [7, 11) is 1.44. The lowest BCUT2D eigenvalue weighted by molar-refractivity contribution is 0.104. The van der Waals surface area contributed by atoms with E-state index < -0.39 is 0 Å². The number of Topliss-reactive ketones (excluding diaryl/α,β-unsaturated/α-hetero) is 1. The summed E-state index contributed by atoms with van der Waals surface area (Å²) >= 11 is 0. The number of carbonyl (C=O) groups is 1. The molecule has 0 radical (unpaired) electrons. The van der Waals surface area contributed by atoms with Crippen LogP contribution in [0.15, 0.2) is 48.0 Å². The number of phenols is 1. The fourth-order valence-electron chi connectivity index (χ4n) is 1.96. The number of hydrogen-bond acceptors (Lipinski definition) is 4. The molecule has 1 N–H and O–H groups in total. The lowest BCUT2D eigenvalue weighted by Crippen LogP contribution is -2.01. The largest absolute Gasteiger partial charge is 0.504 e. The van der Waals surface area contributed by atoms with E-state index in [9.17, 15) is 15.2 Å². The van der Waals surface area contributed by atoms with Gasteiger partial charge < -0.3 is 9.84 Å². The molecule has 0 unspecified atom stereocenters. The zero-order chi connectivity index (χ0) is 16.1. The van der Waals surface area contributed by atoms with E-state index in [0.717, 1.165) is 5.56 Å². The highest BCUT2D eigenvalue weighted by atomic mass is 16.5. The molecule has 0 fully saturated rings. The molecule has 0 aliphatic heterocycles. The van der Waals surface area contributed by atoms with Crippen LogP contribution in [0, 0.1) is 18.3 Å². The maximum Gasteiger partial charge on any atom is 0.203 e. The molecule has 4 heteroatoms. The van der Waals surface area contributed by atoms with Gasteiger partial charge in [0.2, 0.25) is 5.78 Å². The van der Waals surface area contributed by atoms with Gasteiger partial charge in [-0.05, 0) is 30.7 Å². The minimum atomic E-state index is -0.338. The highest BCUT2D eigenvalue weighted by Gasteiger charge is 2.12. The molecule has 2 aromatic rings. The Balaban J connectivity index is 2.37. The SMILES string of the molecule is COc1cc(/C=C(/C#N)C(=O)c2ccc(C)cc2)ccc1O. The molecule has 0 atom stereocenters. The third-order valence-electron chi connectivity index (χ3n) is 3.19. The number of aryl methyl sites for hydroxylation is 1. The first-order valence-corrected chi connectivity index (χ1v) is 6.65. The number of ketones is 1. The lowest BCUT2D eigenvalue weighted by Gasteiger charge is -2.05. The quantitative estimate of drug-likeness (QED) is 0.532. The van der Waals surface area contributed by atoms with Crippen molar-refractivity contribution in [2.45, 2.75) is 6.92 Å². The summed E-state index contributed by atoms with van der Waals surface area (Å²) in [6, 6.07) is 13.6. The summed E-state index contributed by atoms with van der Waals surface area (Å²) in [5.41, 5.74) is 2.13. The molecule has 2 rings (SSSR count). The third kappa shape index (κ3) is 3.33. The van der Waals surface area contributed by atoms with E-state index in [4.69, 9.17) is 4.74 Å². The first kappa shape index (κ1) is 15.3. The van der Waals surface area contributed by atoms with Gasteiger partial charge in [-0.1, -0.05) is 35.9 Å². The summed E-state index contributed by atoms with van der Waals surface area (Å²) in [6.07, 6.45) is 1.48. The van der Waals surface area contributed by atoms with Crippen LogP contribution in [0.2, 0.25) is 0 Å². The second kappa shape index (κ2) is 6.59. The molecule has 0 aromatic heterocycles. The second-order valence-electron chi connectivity index (χ2n) is 4.80. The molecule has 0 heterocycles. The van der Waals surface area contributed by atoms with Crippen molar-refractivity contribution in [2.24, 2.45) is 0 Å². The van der Waals surface area contributed by atoms with Crippen molar-refractivity contribution < 1.29 is 14.6 Å². The zero-order valence-electron chi connectivity index (χ0n) is 12.3. The van der Waals surface area contributed by atoms with Crippen LogP contribution < -0.4 is 4.74 Å². The van der Waals surface area contributed by atoms with Gasteiger partial charge in [0.15, 0.2) is 11.5 Å². The fraction of sp³-hybridized carbons (Fsp3) is 0.111. The number of carbonyl (C=O) groups excluding carboxylic acids is 1. The van der Waals surface area contributed by atoms with Crippen LogP contribution in [0.25, 0.3) is 6.08 Å². The van der Waals surface area contributed by atoms with Gasteiger partial charge in [-0.2, -0.15) is 5.26 Å². The molecule has 4 nitrogen and oxygen atoms in total. The number of nitrogens with zero attached hydrogens (tertiary/aromatic N) is 1. The van der Waals surface area contributed by atoms with E-state index >= 15 is 0 Å². The number of nitriles is 1. The molecule has 0 aliphatic carbocycles. The first-order chi connectivity index (χ1) is 10.5. The standard InChI is InChI=1S/C18H15NO3/c1-12-3-6-14(7-4-12)18(21)15(11-19)9-13-5-8-16(20)17(10-13)22-2/h3-10,20H,1-2H3/b15-9-. The molecule has 0 spiro atoms. The molecule has 2 aromatic carbocycles. The number of hydrogen-bond donors (Lipinski definition) is 1. The van der Waals surface area contributed by atoms with E-state index in [2.05, 4.69) is 0 Å². The monoisotopic (exact) mass is 293 g/mol. The molecule has 0 bridgehead atoms. The summed E-state index contributed by atoms with van der Waals surface area (Å²) < 4.78 is 5.01. The van der Waals surface area contributed by atoms with Gasteiger partial charge in [-0.25, -0.2) is 0 Å². The highest BCUT2D eigenvalue weighted by Crippen LogP contribution is 2.27. The number of ether oxygens (including phenoxy) is 1. The molecule has 0 saturated carbocycles. The van der Waals surface area contributed by atoms with Gasteiger partial charge in [-0.3, -0.25) is 4.79 Å². The Morgan fingerprint density at radius 1 is 1.23 bits per heavy atom. The fourth-order valence-corrected chi connectivity index (χ4v) is 1.96. The number of methoxy groups -OCH3 is 1. The van der Waals surface area contributed by atoms with E-state index in [1.807, 2.05) is 25.1 Å². The van der Waals surface area contributed by atoms with Crippen molar-refractivity contribution in [1.82, 2.24) is 0 Å². The van der Waals surface area contributed by atoms with E-state index in [1.54, 1.807) is 24.3 Å². The summed E-state index contributed by atoms with van der Waals surface area (Å²) in [5.74, 6) is -0.0496. The average molecular weight is 293 g/mol. The predicted molar refractivity (Wildman–Crippen MR) is 83.8 cm³/mol. The smallest absolute Gasteiger partial charge is 0.203 e. The van der Waals surface area contributed by atoms with E-state index in [-0.39, 0.29) is 22.9 Å². The number of rotatable bonds is 4. The maximum absolute atomic E-state index is 12.3. The number of allylic oxidation sites excluding steroid dienone is 1. The van der Waals surface area contributed by atoms with Gasteiger partial charge in [-0.15, -0.1) is 0 Å². The van der Waals surface area contributed by atoms with E-state index in [0.29, 0.717) is 11.1 Å². The van der Waals surface area contributed by atoms with Crippen LogP contribution >= 0.6 is 0 Å². The van der Waals surface area contributed by atoms with Gasteiger partial charge in [0.25, 0.3) is 0 Å². The summed E-state index contributed by atoms with van der Waals surface area (Å²) in [4.78, 5) is 12.3. The molecular weight excluding hydrogens is 278 g/mol. The van der Waals surface area contributed by atoms with Crippen molar-refractivity contribution >= 4 is 11.9 Å². The molecule has 0 saturated heterocycles. The highest BCUT2D eigenvalue weighted by molar-refractivity contribution is 6.14. The van der Waals surface area contributed by atoms with Crippen molar-refractivity contribution in [3.8, 4) is 17.6 Å². The summed E-state index contributed by atoms with van der Waals surface area (Å²) in [5, 5.41) is 18.8. The number of phenolic OH excluding ortho intramolecular Hbond substituents is 1. The van der Waals surface area contributed by atoms with Crippen molar-refractivity contribution in [2.75, 3.05) is 7.11 Å². The molecular formula is C18H15NO3. The van der Waals surface area contributed by atoms with Crippen LogP contribution in [0.4, 0.5) is 0 Å². The second-order valence-corrected chi connectivity index (χ2v) is 4.80.